The van der Waals surface area contributed by atoms with Gasteiger partial charge in [0, 0.05) is 6.07 Å². The molecule has 0 aliphatic heterocycles. The maximum Gasteiger partial charge on any atom is 0.153 e. The molecule has 1 aromatic rings. The molecule has 0 aliphatic rings. The second-order valence-corrected chi connectivity index (χ2v) is 3.19. The van der Waals surface area contributed by atoms with Crippen LogP contribution in [0.25, 0.3) is 0 Å². The van der Waals surface area contributed by atoms with Crippen molar-refractivity contribution in [3.63, 3.8) is 0 Å². The third-order valence-corrected chi connectivity index (χ3v) is 1.70. The van der Waals surface area contributed by atoms with E-state index in [1.807, 2.05) is 13.8 Å². The fourth-order valence-corrected chi connectivity index (χ4v) is 1.13. The first-order chi connectivity index (χ1) is 6.67. The van der Waals surface area contributed by atoms with Crippen molar-refractivity contribution in [2.75, 3.05) is 7.11 Å². The van der Waals surface area contributed by atoms with Gasteiger partial charge in [-0.3, -0.25) is 4.79 Å². The first kappa shape index (κ1) is 10.6. The Bertz CT molecular complexity index is 318. The molecule has 1 rings (SSSR count). The van der Waals surface area contributed by atoms with Crippen LogP contribution in [0.15, 0.2) is 18.2 Å². The van der Waals surface area contributed by atoms with Crippen LogP contribution in [0.3, 0.4) is 0 Å². The molecule has 0 saturated carbocycles. The van der Waals surface area contributed by atoms with E-state index in [2.05, 4.69) is 0 Å². The Hall–Kier alpha value is -1.51. The van der Waals surface area contributed by atoms with E-state index in [-0.39, 0.29) is 6.10 Å². The van der Waals surface area contributed by atoms with Gasteiger partial charge in [0.1, 0.15) is 11.5 Å². The van der Waals surface area contributed by atoms with Crippen LogP contribution in [0.5, 0.6) is 11.5 Å². The molecule has 0 N–H and O–H groups in total. The second kappa shape index (κ2) is 4.65. The zero-order chi connectivity index (χ0) is 10.6. The van der Waals surface area contributed by atoms with E-state index < -0.39 is 0 Å². The molecule has 0 aromatic heterocycles. The van der Waals surface area contributed by atoms with Crippen molar-refractivity contribution in [3.8, 4) is 11.5 Å². The van der Waals surface area contributed by atoms with E-state index in [4.69, 9.17) is 9.47 Å². The third-order valence-electron chi connectivity index (χ3n) is 1.70. The topological polar surface area (TPSA) is 35.5 Å². The van der Waals surface area contributed by atoms with Gasteiger partial charge in [-0.05, 0) is 26.0 Å². The van der Waals surface area contributed by atoms with Gasteiger partial charge in [-0.1, -0.05) is 0 Å². The quantitative estimate of drug-likeness (QED) is 0.690. The van der Waals surface area contributed by atoms with Gasteiger partial charge in [-0.15, -0.1) is 0 Å². The number of carbonyl (C=O) groups excluding carboxylic acids is 1. The predicted molar refractivity (Wildman–Crippen MR) is 54.1 cm³/mol. The SMILES string of the molecule is COc1cc(OC(C)C)ccc1C=O. The van der Waals surface area contributed by atoms with Crippen molar-refractivity contribution in [3.05, 3.63) is 23.8 Å². The summed E-state index contributed by atoms with van der Waals surface area (Å²) in [5.41, 5.74) is 0.531. The minimum Gasteiger partial charge on any atom is -0.496 e. The predicted octanol–water partition coefficient (Wildman–Crippen LogP) is 2.29. The number of methoxy groups -OCH3 is 1. The van der Waals surface area contributed by atoms with Gasteiger partial charge in [0.05, 0.1) is 18.8 Å². The summed E-state index contributed by atoms with van der Waals surface area (Å²) in [5.74, 6) is 1.25. The molecule has 3 nitrogen and oxygen atoms in total. The van der Waals surface area contributed by atoms with E-state index in [0.717, 1.165) is 6.29 Å². The molecule has 0 radical (unpaired) electrons. The van der Waals surface area contributed by atoms with Gasteiger partial charge in [0.2, 0.25) is 0 Å². The highest BCUT2D eigenvalue weighted by atomic mass is 16.5. The Balaban J connectivity index is 2.95. The van der Waals surface area contributed by atoms with Crippen molar-refractivity contribution in [1.82, 2.24) is 0 Å². The Morgan fingerprint density at radius 3 is 2.57 bits per heavy atom. The summed E-state index contributed by atoms with van der Waals surface area (Å²) < 4.78 is 10.5. The van der Waals surface area contributed by atoms with Gasteiger partial charge < -0.3 is 9.47 Å². The van der Waals surface area contributed by atoms with Crippen LogP contribution in [-0.4, -0.2) is 19.5 Å². The lowest BCUT2D eigenvalue weighted by atomic mass is 10.2. The molecule has 1 aromatic carbocycles. The minimum atomic E-state index is 0.113. The highest BCUT2D eigenvalue weighted by Gasteiger charge is 2.04. The van der Waals surface area contributed by atoms with Crippen LogP contribution in [0, 0.1) is 0 Å². The molecule has 0 unspecified atom stereocenters. The monoisotopic (exact) mass is 194 g/mol. The van der Waals surface area contributed by atoms with Crippen LogP contribution in [-0.2, 0) is 0 Å². The molecule has 0 amide bonds. The van der Waals surface area contributed by atoms with Crippen LogP contribution in [0.1, 0.15) is 24.2 Å². The third kappa shape index (κ3) is 2.49. The number of hydrogen-bond acceptors (Lipinski definition) is 3. The summed E-state index contributed by atoms with van der Waals surface area (Å²) in [7, 11) is 1.53. The average Bonchev–Trinajstić information content (AvgIpc) is 2.16. The summed E-state index contributed by atoms with van der Waals surface area (Å²) in [6.45, 7) is 3.89. The first-order valence-electron chi connectivity index (χ1n) is 4.47. The minimum absolute atomic E-state index is 0.113. The lowest BCUT2D eigenvalue weighted by Crippen LogP contribution is -2.05. The van der Waals surface area contributed by atoms with Crippen molar-refractivity contribution >= 4 is 6.29 Å². The van der Waals surface area contributed by atoms with Crippen LogP contribution < -0.4 is 9.47 Å². The standard InChI is InChI=1S/C11H14O3/c1-8(2)14-10-5-4-9(7-12)11(6-10)13-3/h4-8H,1-3H3. The van der Waals surface area contributed by atoms with Crippen molar-refractivity contribution in [1.29, 1.82) is 0 Å². The largest absolute Gasteiger partial charge is 0.496 e. The zero-order valence-corrected chi connectivity index (χ0v) is 8.61. The molecule has 14 heavy (non-hydrogen) atoms. The number of carbonyl (C=O) groups is 1. The summed E-state index contributed by atoms with van der Waals surface area (Å²) in [4.78, 5) is 10.6. The Morgan fingerprint density at radius 1 is 1.36 bits per heavy atom. The molecule has 0 aliphatic carbocycles. The average molecular weight is 194 g/mol. The number of aldehydes is 1. The van der Waals surface area contributed by atoms with E-state index in [9.17, 15) is 4.79 Å². The molecule has 76 valence electrons. The van der Waals surface area contributed by atoms with Gasteiger partial charge >= 0.3 is 0 Å². The van der Waals surface area contributed by atoms with E-state index in [1.165, 1.54) is 7.11 Å². The highest BCUT2D eigenvalue weighted by molar-refractivity contribution is 5.79. The van der Waals surface area contributed by atoms with Crippen molar-refractivity contribution in [2.45, 2.75) is 20.0 Å². The fourth-order valence-electron chi connectivity index (χ4n) is 1.13. The maximum atomic E-state index is 10.6. The van der Waals surface area contributed by atoms with E-state index >= 15 is 0 Å². The number of benzene rings is 1. The van der Waals surface area contributed by atoms with E-state index in [0.29, 0.717) is 17.1 Å². The molecular formula is C11H14O3. The summed E-state index contributed by atoms with van der Waals surface area (Å²) >= 11 is 0. The lowest BCUT2D eigenvalue weighted by Gasteiger charge is -2.11. The Labute approximate surface area is 83.6 Å². The first-order valence-corrected chi connectivity index (χ1v) is 4.47. The van der Waals surface area contributed by atoms with Crippen molar-refractivity contribution in [2.24, 2.45) is 0 Å². The zero-order valence-electron chi connectivity index (χ0n) is 8.61. The normalized spacial score (nSPS) is 10.0. The van der Waals surface area contributed by atoms with Gasteiger partial charge in [-0.2, -0.15) is 0 Å². The molecule has 0 saturated heterocycles. The molecule has 0 spiro atoms. The lowest BCUT2D eigenvalue weighted by molar-refractivity contribution is 0.112. The summed E-state index contributed by atoms with van der Waals surface area (Å²) in [5, 5.41) is 0. The smallest absolute Gasteiger partial charge is 0.153 e. The Morgan fingerprint density at radius 2 is 2.07 bits per heavy atom. The molecule has 0 bridgehead atoms. The molecule has 0 fully saturated rings. The Kier molecular flexibility index (Phi) is 3.51. The fraction of sp³-hybridized carbons (Fsp3) is 0.364. The summed E-state index contributed by atoms with van der Waals surface area (Å²) in [6.07, 6.45) is 0.875. The van der Waals surface area contributed by atoms with Crippen LogP contribution in [0.4, 0.5) is 0 Å². The van der Waals surface area contributed by atoms with Gasteiger partial charge in [0.15, 0.2) is 6.29 Å². The summed E-state index contributed by atoms with van der Waals surface area (Å²) in [6, 6.07) is 5.15. The van der Waals surface area contributed by atoms with Gasteiger partial charge in [-0.25, -0.2) is 0 Å². The number of hydrogen-bond donors (Lipinski definition) is 0. The van der Waals surface area contributed by atoms with Crippen LogP contribution >= 0.6 is 0 Å². The van der Waals surface area contributed by atoms with E-state index in [1.54, 1.807) is 18.2 Å². The molecule has 0 heterocycles. The van der Waals surface area contributed by atoms with Crippen LogP contribution in [0.2, 0.25) is 0 Å². The maximum absolute atomic E-state index is 10.6. The molecule has 3 heteroatoms. The molecular weight excluding hydrogens is 180 g/mol. The number of ether oxygens (including phenoxy) is 2. The molecule has 0 atom stereocenters. The second-order valence-electron chi connectivity index (χ2n) is 3.19. The van der Waals surface area contributed by atoms with Crippen molar-refractivity contribution < 1.29 is 14.3 Å². The highest BCUT2D eigenvalue weighted by Crippen LogP contribution is 2.23. The number of rotatable bonds is 4. The van der Waals surface area contributed by atoms with Gasteiger partial charge in [0.25, 0.3) is 0 Å².